The van der Waals surface area contributed by atoms with Crippen LogP contribution < -0.4 is 10.1 Å². The number of rotatable bonds is 6. The van der Waals surface area contributed by atoms with Gasteiger partial charge in [-0.3, -0.25) is 4.79 Å². The first-order valence-corrected chi connectivity index (χ1v) is 11.4. The monoisotopic (exact) mass is 427 g/mol. The molecule has 1 amide bonds. The van der Waals surface area contributed by atoms with E-state index in [9.17, 15) is 13.2 Å². The van der Waals surface area contributed by atoms with Crippen molar-refractivity contribution in [3.63, 3.8) is 0 Å². The number of hydrogen-bond donors (Lipinski definition) is 1. The summed E-state index contributed by atoms with van der Waals surface area (Å²) in [5.41, 5.74) is 0.819. The second kappa shape index (κ2) is 9.74. The number of anilines is 1. The van der Waals surface area contributed by atoms with Gasteiger partial charge in [-0.15, -0.1) is 0 Å². The second-order valence-electron chi connectivity index (χ2n) is 7.20. The van der Waals surface area contributed by atoms with Crippen LogP contribution in [0.2, 0.25) is 0 Å². The first-order valence-electron chi connectivity index (χ1n) is 9.98. The molecule has 158 valence electrons. The van der Waals surface area contributed by atoms with Gasteiger partial charge < -0.3 is 10.1 Å². The van der Waals surface area contributed by atoms with Crippen LogP contribution >= 0.6 is 0 Å². The van der Waals surface area contributed by atoms with E-state index < -0.39 is 22.0 Å². The second-order valence-corrected chi connectivity index (χ2v) is 9.14. The number of amides is 1. The standard InChI is InChI=1S/C22H25N3O4S/c1-17(29-21-9-5-4-8-18(21)16-23)22(26)24-19-10-12-20(13-11-19)30(27,28)25-14-6-2-3-7-15-25/h4-5,8-13,17H,2-3,6-7,14-15H2,1H3,(H,24,26). The van der Waals surface area contributed by atoms with Gasteiger partial charge in [0.05, 0.1) is 10.5 Å². The molecule has 0 saturated carbocycles. The minimum atomic E-state index is -3.53. The molecule has 1 saturated heterocycles. The van der Waals surface area contributed by atoms with Gasteiger partial charge in [-0.2, -0.15) is 9.57 Å². The third-order valence-corrected chi connectivity index (χ3v) is 6.92. The van der Waals surface area contributed by atoms with E-state index >= 15 is 0 Å². The summed E-state index contributed by atoms with van der Waals surface area (Å²) in [4.78, 5) is 12.7. The number of hydrogen-bond acceptors (Lipinski definition) is 5. The van der Waals surface area contributed by atoms with Crippen LogP contribution in [0.4, 0.5) is 5.69 Å². The van der Waals surface area contributed by atoms with Gasteiger partial charge in [0, 0.05) is 18.8 Å². The summed E-state index contributed by atoms with van der Waals surface area (Å²) in [7, 11) is -3.53. The summed E-state index contributed by atoms with van der Waals surface area (Å²) in [6, 6.07) is 14.9. The summed E-state index contributed by atoms with van der Waals surface area (Å²) >= 11 is 0. The number of nitrogens with zero attached hydrogens (tertiary/aromatic N) is 2. The summed E-state index contributed by atoms with van der Waals surface area (Å²) < 4.78 is 32.8. The molecule has 1 fully saturated rings. The molecular formula is C22H25N3O4S. The molecule has 0 spiro atoms. The topological polar surface area (TPSA) is 99.5 Å². The van der Waals surface area contributed by atoms with Crippen LogP contribution in [0.1, 0.15) is 38.2 Å². The van der Waals surface area contributed by atoms with E-state index in [0.717, 1.165) is 25.7 Å². The average molecular weight is 428 g/mol. The predicted octanol–water partition coefficient (Wildman–Crippen LogP) is 3.53. The van der Waals surface area contributed by atoms with Crippen LogP contribution in [0.5, 0.6) is 5.75 Å². The fourth-order valence-electron chi connectivity index (χ4n) is 3.29. The minimum absolute atomic E-state index is 0.217. The molecule has 0 aromatic heterocycles. The van der Waals surface area contributed by atoms with Crippen LogP contribution in [0.25, 0.3) is 0 Å². The number of sulfonamides is 1. The lowest BCUT2D eigenvalue weighted by Gasteiger charge is -2.20. The fraction of sp³-hybridized carbons (Fsp3) is 0.364. The number of nitriles is 1. The molecule has 3 rings (SSSR count). The lowest BCUT2D eigenvalue weighted by molar-refractivity contribution is -0.122. The van der Waals surface area contributed by atoms with E-state index in [4.69, 9.17) is 10.00 Å². The van der Waals surface area contributed by atoms with Crippen molar-refractivity contribution in [2.45, 2.75) is 43.6 Å². The molecule has 0 radical (unpaired) electrons. The number of benzene rings is 2. The minimum Gasteiger partial charge on any atom is -0.480 e. The number of ether oxygens (including phenoxy) is 1. The van der Waals surface area contributed by atoms with Crippen molar-refractivity contribution in [2.24, 2.45) is 0 Å². The van der Waals surface area contributed by atoms with E-state index in [1.807, 2.05) is 6.07 Å². The molecule has 2 aromatic carbocycles. The third-order valence-electron chi connectivity index (χ3n) is 5.01. The van der Waals surface area contributed by atoms with Crippen molar-refractivity contribution in [1.29, 1.82) is 5.26 Å². The molecule has 1 aliphatic rings. The molecule has 0 bridgehead atoms. The van der Waals surface area contributed by atoms with Gasteiger partial charge >= 0.3 is 0 Å². The number of para-hydroxylation sites is 1. The Morgan fingerprint density at radius 2 is 1.70 bits per heavy atom. The van der Waals surface area contributed by atoms with E-state index in [1.165, 1.54) is 16.4 Å². The van der Waals surface area contributed by atoms with Gasteiger partial charge in [0.25, 0.3) is 5.91 Å². The Kier molecular flexibility index (Phi) is 7.08. The van der Waals surface area contributed by atoms with Crippen LogP contribution in [0.15, 0.2) is 53.4 Å². The number of nitrogens with one attached hydrogen (secondary N) is 1. The Bertz CT molecular complexity index is 1020. The molecule has 2 aromatic rings. The van der Waals surface area contributed by atoms with Crippen molar-refractivity contribution >= 4 is 21.6 Å². The molecule has 1 unspecified atom stereocenters. The van der Waals surface area contributed by atoms with Crippen molar-refractivity contribution in [1.82, 2.24) is 4.31 Å². The zero-order chi connectivity index (χ0) is 21.6. The van der Waals surface area contributed by atoms with E-state index in [2.05, 4.69) is 5.32 Å². The zero-order valence-corrected chi connectivity index (χ0v) is 17.7. The number of carbonyl (C=O) groups excluding carboxylic acids is 1. The highest BCUT2D eigenvalue weighted by atomic mass is 32.2. The summed E-state index contributed by atoms with van der Waals surface area (Å²) in [5.74, 6) is -0.0626. The Labute approximate surface area is 177 Å². The maximum atomic E-state index is 12.8. The van der Waals surface area contributed by atoms with Crippen LogP contribution in [-0.2, 0) is 14.8 Å². The molecular weight excluding hydrogens is 402 g/mol. The first-order chi connectivity index (χ1) is 14.4. The highest BCUT2D eigenvalue weighted by Crippen LogP contribution is 2.22. The predicted molar refractivity (Wildman–Crippen MR) is 114 cm³/mol. The molecule has 0 aliphatic carbocycles. The summed E-state index contributed by atoms with van der Waals surface area (Å²) in [5, 5.41) is 11.8. The summed E-state index contributed by atoms with van der Waals surface area (Å²) in [6.07, 6.45) is 3.02. The highest BCUT2D eigenvalue weighted by Gasteiger charge is 2.25. The Morgan fingerprint density at radius 1 is 1.07 bits per heavy atom. The lowest BCUT2D eigenvalue weighted by atomic mass is 10.2. The Hall–Kier alpha value is -2.89. The Balaban J connectivity index is 1.65. The average Bonchev–Trinajstić information content (AvgIpc) is 3.04. The van der Waals surface area contributed by atoms with Gasteiger partial charge in [0.1, 0.15) is 11.8 Å². The first kappa shape index (κ1) is 21.8. The van der Waals surface area contributed by atoms with E-state index in [-0.39, 0.29) is 4.90 Å². The largest absolute Gasteiger partial charge is 0.480 e. The quantitative estimate of drug-likeness (QED) is 0.760. The molecule has 8 heteroatoms. The van der Waals surface area contributed by atoms with Crippen molar-refractivity contribution in [3.8, 4) is 11.8 Å². The third kappa shape index (κ3) is 5.17. The van der Waals surface area contributed by atoms with Gasteiger partial charge in [-0.25, -0.2) is 8.42 Å². The van der Waals surface area contributed by atoms with E-state index in [1.54, 1.807) is 43.3 Å². The molecule has 1 heterocycles. The zero-order valence-electron chi connectivity index (χ0n) is 16.9. The van der Waals surface area contributed by atoms with Crippen LogP contribution in [0, 0.1) is 11.3 Å². The smallest absolute Gasteiger partial charge is 0.265 e. The van der Waals surface area contributed by atoms with Crippen LogP contribution in [-0.4, -0.2) is 37.8 Å². The van der Waals surface area contributed by atoms with E-state index in [0.29, 0.717) is 30.1 Å². The summed E-state index contributed by atoms with van der Waals surface area (Å²) in [6.45, 7) is 2.67. The normalized spacial score (nSPS) is 16.1. The Morgan fingerprint density at radius 3 is 2.33 bits per heavy atom. The SMILES string of the molecule is CC(Oc1ccccc1C#N)C(=O)Nc1ccc(S(=O)(=O)N2CCCCCC2)cc1. The number of carbonyl (C=O) groups is 1. The van der Waals surface area contributed by atoms with Gasteiger partial charge in [-0.05, 0) is 56.2 Å². The van der Waals surface area contributed by atoms with Crippen LogP contribution in [0.3, 0.4) is 0 Å². The lowest BCUT2D eigenvalue weighted by Crippen LogP contribution is -2.32. The van der Waals surface area contributed by atoms with Gasteiger partial charge in [-0.1, -0.05) is 25.0 Å². The van der Waals surface area contributed by atoms with Crippen molar-refractivity contribution in [2.75, 3.05) is 18.4 Å². The highest BCUT2D eigenvalue weighted by molar-refractivity contribution is 7.89. The molecule has 1 atom stereocenters. The molecule has 1 N–H and O–H groups in total. The van der Waals surface area contributed by atoms with Crippen molar-refractivity contribution in [3.05, 3.63) is 54.1 Å². The fourth-order valence-corrected chi connectivity index (χ4v) is 4.81. The maximum Gasteiger partial charge on any atom is 0.265 e. The maximum absolute atomic E-state index is 12.8. The van der Waals surface area contributed by atoms with Gasteiger partial charge in [0.15, 0.2) is 6.10 Å². The van der Waals surface area contributed by atoms with Gasteiger partial charge in [0.2, 0.25) is 10.0 Å². The molecule has 7 nitrogen and oxygen atoms in total. The molecule has 30 heavy (non-hydrogen) atoms. The molecule has 1 aliphatic heterocycles. The van der Waals surface area contributed by atoms with Crippen molar-refractivity contribution < 1.29 is 17.9 Å².